The van der Waals surface area contributed by atoms with E-state index in [1.165, 1.54) is 19.0 Å². The number of likely N-dealkylation sites (tertiary alicyclic amines) is 1. The van der Waals surface area contributed by atoms with E-state index in [2.05, 4.69) is 15.0 Å². The molecule has 1 aromatic rings. The Labute approximate surface area is 108 Å². The molecule has 0 amide bonds. The van der Waals surface area contributed by atoms with Gasteiger partial charge in [-0.3, -0.25) is 9.58 Å². The van der Waals surface area contributed by atoms with E-state index in [4.69, 9.17) is 0 Å². The van der Waals surface area contributed by atoms with Crippen molar-refractivity contribution >= 4 is 9.84 Å². The molecule has 0 unspecified atom stereocenters. The van der Waals surface area contributed by atoms with Crippen molar-refractivity contribution in [1.82, 2.24) is 19.7 Å². The van der Waals surface area contributed by atoms with Crippen molar-refractivity contribution in [1.29, 1.82) is 0 Å². The van der Waals surface area contributed by atoms with Gasteiger partial charge in [-0.2, -0.15) is 5.10 Å². The predicted molar refractivity (Wildman–Crippen MR) is 68.9 cm³/mol. The molecular weight excluding hydrogens is 252 g/mol. The lowest BCUT2D eigenvalue weighted by molar-refractivity contribution is 0.137. The molecule has 102 valence electrons. The van der Waals surface area contributed by atoms with Crippen LogP contribution in [0.5, 0.6) is 0 Å². The van der Waals surface area contributed by atoms with Gasteiger partial charge >= 0.3 is 0 Å². The van der Waals surface area contributed by atoms with E-state index in [-0.39, 0.29) is 5.75 Å². The third kappa shape index (κ3) is 4.06. The van der Waals surface area contributed by atoms with Gasteiger partial charge in [0.2, 0.25) is 0 Å². The number of piperidine rings is 1. The normalized spacial score (nSPS) is 22.2. The van der Waals surface area contributed by atoms with Gasteiger partial charge in [0.15, 0.2) is 0 Å². The molecular formula is C11H20N4O2S. The summed E-state index contributed by atoms with van der Waals surface area (Å²) in [6, 6.07) is 0.377. The highest BCUT2D eigenvalue weighted by Crippen LogP contribution is 2.18. The molecule has 1 aromatic heterocycles. The van der Waals surface area contributed by atoms with Crippen molar-refractivity contribution in [3.8, 4) is 0 Å². The fraction of sp³-hybridized carbons (Fsp3) is 0.818. The minimum atomic E-state index is -2.89. The molecule has 0 aliphatic carbocycles. The average Bonchev–Trinajstić information content (AvgIpc) is 2.80. The second-order valence-electron chi connectivity index (χ2n) is 4.93. The highest BCUT2D eigenvalue weighted by atomic mass is 32.2. The van der Waals surface area contributed by atoms with Crippen LogP contribution < -0.4 is 0 Å². The van der Waals surface area contributed by atoms with Crippen LogP contribution in [0, 0.1) is 0 Å². The SMILES string of the molecule is CS(=O)(=O)CCN1CCCC[C@H]1Cn1cncn1. The molecule has 0 radical (unpaired) electrons. The van der Waals surface area contributed by atoms with Crippen LogP contribution in [0.4, 0.5) is 0 Å². The summed E-state index contributed by atoms with van der Waals surface area (Å²) in [5.74, 6) is 0.237. The minimum absolute atomic E-state index is 0.237. The Morgan fingerprint density at radius 2 is 2.22 bits per heavy atom. The number of rotatable bonds is 5. The zero-order valence-corrected chi connectivity index (χ0v) is 11.5. The molecule has 2 heterocycles. The molecule has 1 aliphatic rings. The average molecular weight is 272 g/mol. The molecule has 1 saturated heterocycles. The van der Waals surface area contributed by atoms with Crippen molar-refractivity contribution < 1.29 is 8.42 Å². The summed E-state index contributed by atoms with van der Waals surface area (Å²) in [5.41, 5.74) is 0. The van der Waals surface area contributed by atoms with Crippen LogP contribution in [0.1, 0.15) is 19.3 Å². The number of aromatic nitrogens is 3. The quantitative estimate of drug-likeness (QED) is 0.764. The monoisotopic (exact) mass is 272 g/mol. The molecule has 0 bridgehead atoms. The first kappa shape index (κ1) is 13.5. The molecule has 1 fully saturated rings. The molecule has 0 aromatic carbocycles. The minimum Gasteiger partial charge on any atom is -0.298 e. The number of sulfone groups is 1. The van der Waals surface area contributed by atoms with Crippen molar-refractivity contribution in [3.05, 3.63) is 12.7 Å². The zero-order valence-electron chi connectivity index (χ0n) is 10.7. The summed E-state index contributed by atoms with van der Waals surface area (Å²) in [5, 5.41) is 4.11. The van der Waals surface area contributed by atoms with Gasteiger partial charge in [-0.15, -0.1) is 0 Å². The third-order valence-electron chi connectivity index (χ3n) is 3.36. The van der Waals surface area contributed by atoms with Crippen LogP contribution in [0.2, 0.25) is 0 Å². The van der Waals surface area contributed by atoms with Gasteiger partial charge in [-0.1, -0.05) is 6.42 Å². The Morgan fingerprint density at radius 3 is 2.89 bits per heavy atom. The second kappa shape index (κ2) is 5.79. The zero-order chi connectivity index (χ0) is 13.0. The van der Waals surface area contributed by atoms with Gasteiger partial charge in [0, 0.05) is 18.8 Å². The van der Waals surface area contributed by atoms with Crippen LogP contribution in [0.15, 0.2) is 12.7 Å². The van der Waals surface area contributed by atoms with E-state index in [0.29, 0.717) is 12.6 Å². The summed E-state index contributed by atoms with van der Waals surface area (Å²) in [6.45, 7) is 2.40. The van der Waals surface area contributed by atoms with E-state index in [0.717, 1.165) is 25.9 Å². The lowest BCUT2D eigenvalue weighted by atomic mass is 10.0. The Kier molecular flexibility index (Phi) is 4.34. The Morgan fingerprint density at radius 1 is 1.39 bits per heavy atom. The maximum atomic E-state index is 11.2. The Hall–Kier alpha value is -0.950. The van der Waals surface area contributed by atoms with Crippen LogP contribution in [-0.2, 0) is 16.4 Å². The van der Waals surface area contributed by atoms with E-state index < -0.39 is 9.84 Å². The lowest BCUT2D eigenvalue weighted by Gasteiger charge is -2.35. The van der Waals surface area contributed by atoms with Crippen LogP contribution in [0.3, 0.4) is 0 Å². The molecule has 1 aliphatic heterocycles. The van der Waals surface area contributed by atoms with Crippen LogP contribution in [0.25, 0.3) is 0 Å². The molecule has 1 atom stereocenters. The summed E-state index contributed by atoms with van der Waals surface area (Å²) >= 11 is 0. The van der Waals surface area contributed by atoms with Gasteiger partial charge in [0.25, 0.3) is 0 Å². The smallest absolute Gasteiger partial charge is 0.148 e. The number of hydrogen-bond donors (Lipinski definition) is 0. The van der Waals surface area contributed by atoms with Crippen molar-refractivity contribution in [2.24, 2.45) is 0 Å². The third-order valence-corrected chi connectivity index (χ3v) is 4.29. The first-order valence-corrected chi connectivity index (χ1v) is 8.35. The standard InChI is InChI=1S/C11H20N4O2S/c1-18(16,17)7-6-14-5-3-2-4-11(14)8-15-10-12-9-13-15/h9-11H,2-8H2,1H3/t11-/m0/s1. The highest BCUT2D eigenvalue weighted by molar-refractivity contribution is 7.90. The second-order valence-corrected chi connectivity index (χ2v) is 7.19. The first-order valence-electron chi connectivity index (χ1n) is 6.29. The summed E-state index contributed by atoms with van der Waals surface area (Å²) in [4.78, 5) is 6.21. The van der Waals surface area contributed by atoms with Gasteiger partial charge < -0.3 is 0 Å². The van der Waals surface area contributed by atoms with E-state index >= 15 is 0 Å². The molecule has 2 rings (SSSR count). The fourth-order valence-corrected chi connectivity index (χ4v) is 2.95. The lowest BCUT2D eigenvalue weighted by Crippen LogP contribution is -2.44. The van der Waals surface area contributed by atoms with Crippen molar-refractivity contribution in [2.75, 3.05) is 25.1 Å². The highest BCUT2D eigenvalue weighted by Gasteiger charge is 2.23. The molecule has 0 saturated carbocycles. The van der Waals surface area contributed by atoms with E-state index in [1.807, 2.05) is 4.68 Å². The molecule has 6 nitrogen and oxygen atoms in total. The maximum absolute atomic E-state index is 11.2. The molecule has 0 N–H and O–H groups in total. The number of nitrogens with zero attached hydrogens (tertiary/aromatic N) is 4. The topological polar surface area (TPSA) is 68.1 Å². The predicted octanol–water partition coefficient (Wildman–Crippen LogP) is 0.177. The van der Waals surface area contributed by atoms with Crippen molar-refractivity contribution in [3.63, 3.8) is 0 Å². The molecule has 18 heavy (non-hydrogen) atoms. The molecule has 0 spiro atoms. The van der Waals surface area contributed by atoms with Crippen LogP contribution in [-0.4, -0.2) is 59.2 Å². The maximum Gasteiger partial charge on any atom is 0.148 e. The largest absolute Gasteiger partial charge is 0.298 e. The van der Waals surface area contributed by atoms with Gasteiger partial charge in [-0.05, 0) is 19.4 Å². The van der Waals surface area contributed by atoms with Crippen molar-refractivity contribution in [2.45, 2.75) is 31.8 Å². The summed E-state index contributed by atoms with van der Waals surface area (Å²) in [7, 11) is -2.89. The van der Waals surface area contributed by atoms with E-state index in [9.17, 15) is 8.42 Å². The van der Waals surface area contributed by atoms with Gasteiger partial charge in [-0.25, -0.2) is 13.4 Å². The Bertz CT molecular complexity index is 457. The Balaban J connectivity index is 1.93. The van der Waals surface area contributed by atoms with Gasteiger partial charge in [0.05, 0.1) is 12.3 Å². The molecule has 7 heteroatoms. The fourth-order valence-electron chi connectivity index (χ4n) is 2.39. The summed E-state index contributed by atoms with van der Waals surface area (Å²) < 4.78 is 24.3. The van der Waals surface area contributed by atoms with Crippen LogP contribution >= 0.6 is 0 Å². The first-order chi connectivity index (χ1) is 8.54. The summed E-state index contributed by atoms with van der Waals surface area (Å²) in [6.07, 6.45) is 7.99. The van der Waals surface area contributed by atoms with Gasteiger partial charge in [0.1, 0.15) is 22.5 Å². The number of hydrogen-bond acceptors (Lipinski definition) is 5. The van der Waals surface area contributed by atoms with E-state index in [1.54, 1.807) is 6.33 Å².